The largest absolute Gasteiger partial charge is 0.496 e. The Hall–Kier alpha value is -2.04. The molecular weight excluding hydrogens is 364 g/mol. The number of likely N-dealkylation sites (tertiary alicyclic amines) is 1. The van der Waals surface area contributed by atoms with Crippen molar-refractivity contribution >= 4 is 11.8 Å². The monoisotopic (exact) mass is 400 g/mol. The molecular formula is C24H36N2O3. The standard InChI is InChI=1S/C24H36N2O3/c1-3-4-17-26-22(27)16-15-20(23(26)19-13-9-10-14-21(19)29-2)24(28)25-18-11-7-5-6-8-12-18/h9-10,13-14,18,20,23H,3-8,11-12,15-17H2,1-2H3,(H,25,28)/t20-,23-/m1/s1. The highest BCUT2D eigenvalue weighted by molar-refractivity contribution is 5.85. The molecule has 5 heteroatoms. The van der Waals surface area contributed by atoms with Gasteiger partial charge in [0, 0.05) is 24.6 Å². The number of piperidine rings is 1. The van der Waals surface area contributed by atoms with Gasteiger partial charge in [0.2, 0.25) is 11.8 Å². The second-order valence-corrected chi connectivity index (χ2v) is 8.47. The van der Waals surface area contributed by atoms with Gasteiger partial charge < -0.3 is 15.0 Å². The number of hydrogen-bond acceptors (Lipinski definition) is 3. The number of nitrogens with zero attached hydrogens (tertiary/aromatic N) is 1. The van der Waals surface area contributed by atoms with Crippen LogP contribution in [-0.4, -0.2) is 36.4 Å². The first kappa shape index (κ1) is 21.7. The van der Waals surface area contributed by atoms with Crippen LogP contribution in [-0.2, 0) is 9.59 Å². The maximum atomic E-state index is 13.4. The average Bonchev–Trinajstić information content (AvgIpc) is 3.01. The normalized spacial score (nSPS) is 23.5. The minimum atomic E-state index is -0.260. The van der Waals surface area contributed by atoms with Crippen molar-refractivity contribution < 1.29 is 14.3 Å². The topological polar surface area (TPSA) is 58.6 Å². The Morgan fingerprint density at radius 2 is 1.86 bits per heavy atom. The van der Waals surface area contributed by atoms with Crippen LogP contribution >= 0.6 is 0 Å². The number of carbonyl (C=O) groups excluding carboxylic acids is 2. The molecule has 1 saturated heterocycles. The lowest BCUT2D eigenvalue weighted by molar-refractivity contribution is -0.143. The summed E-state index contributed by atoms with van der Waals surface area (Å²) in [5.41, 5.74) is 0.945. The van der Waals surface area contributed by atoms with Gasteiger partial charge in [-0.1, -0.05) is 57.2 Å². The van der Waals surface area contributed by atoms with Gasteiger partial charge in [-0.15, -0.1) is 0 Å². The molecule has 1 aliphatic heterocycles. The fourth-order valence-corrected chi connectivity index (χ4v) is 4.85. The van der Waals surface area contributed by atoms with E-state index in [4.69, 9.17) is 4.74 Å². The van der Waals surface area contributed by atoms with Gasteiger partial charge in [-0.25, -0.2) is 0 Å². The van der Waals surface area contributed by atoms with Crippen LogP contribution in [0.25, 0.3) is 0 Å². The van der Waals surface area contributed by atoms with Gasteiger partial charge in [-0.05, 0) is 31.7 Å². The second-order valence-electron chi connectivity index (χ2n) is 8.47. The summed E-state index contributed by atoms with van der Waals surface area (Å²) in [5, 5.41) is 3.34. The summed E-state index contributed by atoms with van der Waals surface area (Å²) < 4.78 is 5.61. The van der Waals surface area contributed by atoms with Crippen LogP contribution in [0.15, 0.2) is 24.3 Å². The van der Waals surface area contributed by atoms with Gasteiger partial charge >= 0.3 is 0 Å². The third-order valence-corrected chi connectivity index (χ3v) is 6.45. The van der Waals surface area contributed by atoms with Gasteiger partial charge in [0.15, 0.2) is 0 Å². The summed E-state index contributed by atoms with van der Waals surface area (Å²) in [4.78, 5) is 28.2. The van der Waals surface area contributed by atoms with Crippen LogP contribution in [0.4, 0.5) is 0 Å². The predicted molar refractivity (Wildman–Crippen MR) is 115 cm³/mol. The minimum absolute atomic E-state index is 0.0989. The SMILES string of the molecule is CCCCN1C(=O)CC[C@@H](C(=O)NC2CCCCCC2)[C@H]1c1ccccc1OC. The summed E-state index contributed by atoms with van der Waals surface area (Å²) in [6.45, 7) is 2.81. The van der Waals surface area contributed by atoms with E-state index < -0.39 is 0 Å². The molecule has 2 aliphatic rings. The molecule has 2 atom stereocenters. The molecule has 1 aromatic carbocycles. The van der Waals surface area contributed by atoms with Crippen LogP contribution in [0.2, 0.25) is 0 Å². The van der Waals surface area contributed by atoms with E-state index >= 15 is 0 Å². The molecule has 2 amide bonds. The van der Waals surface area contributed by atoms with Gasteiger partial charge in [0.1, 0.15) is 5.75 Å². The zero-order chi connectivity index (χ0) is 20.6. The average molecular weight is 401 g/mol. The van der Waals surface area contributed by atoms with Gasteiger partial charge in [0.25, 0.3) is 0 Å². The van der Waals surface area contributed by atoms with E-state index in [1.807, 2.05) is 29.2 Å². The molecule has 1 aliphatic carbocycles. The number of unbranched alkanes of at least 4 members (excludes halogenated alkanes) is 1. The molecule has 0 aromatic heterocycles. The lowest BCUT2D eigenvalue weighted by Crippen LogP contribution is -2.50. The summed E-state index contributed by atoms with van der Waals surface area (Å²) >= 11 is 0. The molecule has 5 nitrogen and oxygen atoms in total. The van der Waals surface area contributed by atoms with Gasteiger partial charge in [0.05, 0.1) is 19.1 Å². The first-order chi connectivity index (χ1) is 14.2. The van der Waals surface area contributed by atoms with Crippen molar-refractivity contribution in [2.24, 2.45) is 5.92 Å². The van der Waals surface area contributed by atoms with Crippen molar-refractivity contribution in [3.8, 4) is 5.75 Å². The van der Waals surface area contributed by atoms with Crippen LogP contribution in [0.3, 0.4) is 0 Å². The highest BCUT2D eigenvalue weighted by atomic mass is 16.5. The third-order valence-electron chi connectivity index (χ3n) is 6.45. The summed E-state index contributed by atoms with van der Waals surface area (Å²) in [6, 6.07) is 7.84. The highest BCUT2D eigenvalue weighted by Crippen LogP contribution is 2.41. The zero-order valence-corrected chi connectivity index (χ0v) is 18.0. The number of nitrogens with one attached hydrogen (secondary N) is 1. The fourth-order valence-electron chi connectivity index (χ4n) is 4.85. The van der Waals surface area contributed by atoms with Crippen molar-refractivity contribution in [1.82, 2.24) is 10.2 Å². The first-order valence-corrected chi connectivity index (χ1v) is 11.4. The van der Waals surface area contributed by atoms with Crippen molar-refractivity contribution in [3.05, 3.63) is 29.8 Å². The maximum Gasteiger partial charge on any atom is 0.225 e. The second kappa shape index (κ2) is 10.7. The van der Waals surface area contributed by atoms with E-state index in [2.05, 4.69) is 12.2 Å². The van der Waals surface area contributed by atoms with E-state index in [-0.39, 0.29) is 29.8 Å². The Morgan fingerprint density at radius 3 is 2.55 bits per heavy atom. The molecule has 3 rings (SSSR count). The van der Waals surface area contributed by atoms with Crippen LogP contribution in [0.1, 0.15) is 82.7 Å². The van der Waals surface area contributed by atoms with Crippen molar-refractivity contribution in [1.29, 1.82) is 0 Å². The lowest BCUT2D eigenvalue weighted by Gasteiger charge is -2.41. The summed E-state index contributed by atoms with van der Waals surface area (Å²) in [5.74, 6) is 0.764. The van der Waals surface area contributed by atoms with Crippen LogP contribution in [0.5, 0.6) is 5.75 Å². The Labute approximate surface area is 175 Å². The number of para-hydroxylation sites is 1. The number of ether oxygens (including phenoxy) is 1. The quantitative estimate of drug-likeness (QED) is 0.680. The van der Waals surface area contributed by atoms with Crippen LogP contribution < -0.4 is 10.1 Å². The molecule has 0 radical (unpaired) electrons. The Morgan fingerprint density at radius 1 is 1.14 bits per heavy atom. The van der Waals surface area contributed by atoms with Crippen molar-refractivity contribution in [2.75, 3.05) is 13.7 Å². The third kappa shape index (κ3) is 5.31. The summed E-state index contributed by atoms with van der Waals surface area (Å²) in [6.07, 6.45) is 10.0. The first-order valence-electron chi connectivity index (χ1n) is 11.4. The molecule has 0 bridgehead atoms. The predicted octanol–water partition coefficient (Wildman–Crippen LogP) is 4.61. The number of amides is 2. The molecule has 160 valence electrons. The molecule has 2 fully saturated rings. The highest BCUT2D eigenvalue weighted by Gasteiger charge is 2.41. The number of benzene rings is 1. The molecule has 1 saturated carbocycles. The fraction of sp³-hybridized carbons (Fsp3) is 0.667. The summed E-state index contributed by atoms with van der Waals surface area (Å²) in [7, 11) is 1.65. The Balaban J connectivity index is 1.87. The van der Waals surface area contributed by atoms with Gasteiger partial charge in [-0.3, -0.25) is 9.59 Å². The van der Waals surface area contributed by atoms with E-state index in [0.29, 0.717) is 19.4 Å². The Kier molecular flexibility index (Phi) is 7.96. The number of carbonyl (C=O) groups is 2. The smallest absolute Gasteiger partial charge is 0.225 e. The molecule has 0 unspecified atom stereocenters. The maximum absolute atomic E-state index is 13.4. The van der Waals surface area contributed by atoms with E-state index in [0.717, 1.165) is 37.0 Å². The van der Waals surface area contributed by atoms with E-state index in [1.165, 1.54) is 25.7 Å². The molecule has 1 aromatic rings. The number of hydrogen-bond donors (Lipinski definition) is 1. The van der Waals surface area contributed by atoms with E-state index in [9.17, 15) is 9.59 Å². The molecule has 1 N–H and O–H groups in total. The Bertz CT molecular complexity index is 682. The molecule has 0 spiro atoms. The minimum Gasteiger partial charge on any atom is -0.496 e. The van der Waals surface area contributed by atoms with Crippen molar-refractivity contribution in [2.45, 2.75) is 83.2 Å². The zero-order valence-electron chi connectivity index (χ0n) is 18.0. The van der Waals surface area contributed by atoms with Crippen molar-refractivity contribution in [3.63, 3.8) is 0 Å². The van der Waals surface area contributed by atoms with Crippen LogP contribution in [0, 0.1) is 5.92 Å². The van der Waals surface area contributed by atoms with Gasteiger partial charge in [-0.2, -0.15) is 0 Å². The number of methoxy groups -OCH3 is 1. The number of rotatable bonds is 7. The molecule has 1 heterocycles. The molecule has 29 heavy (non-hydrogen) atoms. The van der Waals surface area contributed by atoms with E-state index in [1.54, 1.807) is 7.11 Å². The lowest BCUT2D eigenvalue weighted by atomic mass is 9.82.